The number of unbranched alkanes of at least 4 members (excludes halogenated alkanes) is 20. The van der Waals surface area contributed by atoms with Gasteiger partial charge in [-0.05, 0) is 70.5 Å². The van der Waals surface area contributed by atoms with Gasteiger partial charge in [-0.1, -0.05) is 148 Å². The molecule has 1 saturated heterocycles. The van der Waals surface area contributed by atoms with Crippen molar-refractivity contribution in [1.82, 2.24) is 4.90 Å². The van der Waals surface area contributed by atoms with E-state index in [9.17, 15) is 0 Å². The Hall–Kier alpha value is -0.300. The highest BCUT2D eigenvalue weighted by Crippen LogP contribution is 2.24. The lowest BCUT2D eigenvalue weighted by Gasteiger charge is -2.32. The second-order valence-corrected chi connectivity index (χ2v) is 11.8. The van der Waals surface area contributed by atoms with E-state index in [2.05, 4.69) is 30.9 Å². The molecule has 1 heterocycles. The Kier molecular flexibility index (Phi) is 25.0. The molecule has 1 aliphatic rings. The summed E-state index contributed by atoms with van der Waals surface area (Å²) in [5.41, 5.74) is 0. The quantitative estimate of drug-likeness (QED) is 0.0862. The van der Waals surface area contributed by atoms with Gasteiger partial charge in [0.15, 0.2) is 0 Å². The molecule has 0 aromatic rings. The number of allylic oxidation sites excluding steroid dienone is 2. The molecule has 0 N–H and O–H groups in total. The first kappa shape index (κ1) is 32.7. The van der Waals surface area contributed by atoms with Crippen LogP contribution >= 0.6 is 0 Å². The van der Waals surface area contributed by atoms with E-state index in [1.807, 2.05) is 0 Å². The third kappa shape index (κ3) is 22.6. The molecule has 35 heavy (non-hydrogen) atoms. The fourth-order valence-corrected chi connectivity index (χ4v) is 5.83. The second-order valence-electron chi connectivity index (χ2n) is 11.8. The van der Waals surface area contributed by atoms with E-state index in [0.717, 1.165) is 5.92 Å². The van der Waals surface area contributed by atoms with E-state index in [0.29, 0.717) is 0 Å². The van der Waals surface area contributed by atoms with Gasteiger partial charge in [-0.25, -0.2) is 0 Å². The Labute approximate surface area is 223 Å². The summed E-state index contributed by atoms with van der Waals surface area (Å²) >= 11 is 0. The van der Waals surface area contributed by atoms with Gasteiger partial charge in [-0.2, -0.15) is 0 Å². The van der Waals surface area contributed by atoms with Crippen molar-refractivity contribution in [2.24, 2.45) is 5.92 Å². The number of nitrogens with zero attached hydrogens (tertiary/aromatic N) is 1. The van der Waals surface area contributed by atoms with Crippen LogP contribution in [0.25, 0.3) is 0 Å². The summed E-state index contributed by atoms with van der Waals surface area (Å²) in [5, 5.41) is 0. The normalized spacial score (nSPS) is 15.5. The van der Waals surface area contributed by atoms with Crippen molar-refractivity contribution in [1.29, 1.82) is 0 Å². The van der Waals surface area contributed by atoms with Crippen LogP contribution in [-0.4, -0.2) is 24.5 Å². The molecule has 1 heteroatoms. The van der Waals surface area contributed by atoms with E-state index in [1.54, 1.807) is 0 Å². The molecular weight excluding hydrogens is 422 g/mol. The van der Waals surface area contributed by atoms with Crippen molar-refractivity contribution < 1.29 is 0 Å². The third-order valence-electron chi connectivity index (χ3n) is 8.41. The van der Waals surface area contributed by atoms with Gasteiger partial charge in [0.05, 0.1) is 0 Å². The topological polar surface area (TPSA) is 3.24 Å². The molecule has 0 aromatic carbocycles. The summed E-state index contributed by atoms with van der Waals surface area (Å²) in [6, 6.07) is 0. The van der Waals surface area contributed by atoms with Crippen molar-refractivity contribution in [3.8, 4) is 0 Å². The van der Waals surface area contributed by atoms with Crippen molar-refractivity contribution in [3.05, 3.63) is 12.2 Å². The van der Waals surface area contributed by atoms with Crippen molar-refractivity contribution in [3.63, 3.8) is 0 Å². The maximum atomic E-state index is 2.77. The zero-order valence-electron chi connectivity index (χ0n) is 24.7. The molecule has 0 amide bonds. The van der Waals surface area contributed by atoms with Crippen LogP contribution in [-0.2, 0) is 0 Å². The van der Waals surface area contributed by atoms with Crippen LogP contribution in [0.3, 0.4) is 0 Å². The first-order valence-corrected chi connectivity index (χ1v) is 16.7. The van der Waals surface area contributed by atoms with E-state index in [-0.39, 0.29) is 0 Å². The molecule has 1 aliphatic heterocycles. The van der Waals surface area contributed by atoms with Crippen molar-refractivity contribution in [2.75, 3.05) is 19.6 Å². The minimum absolute atomic E-state index is 1.04. The second kappa shape index (κ2) is 26.8. The Morgan fingerprint density at radius 2 is 0.886 bits per heavy atom. The lowest BCUT2D eigenvalue weighted by Crippen LogP contribution is -2.34. The molecule has 0 unspecified atom stereocenters. The lowest BCUT2D eigenvalue weighted by atomic mass is 9.91. The van der Waals surface area contributed by atoms with Gasteiger partial charge >= 0.3 is 0 Å². The van der Waals surface area contributed by atoms with Crippen molar-refractivity contribution in [2.45, 2.75) is 181 Å². The first-order valence-electron chi connectivity index (χ1n) is 16.7. The SMILES string of the molecule is CCCCCCCC/C=C\CCCCCCCCN1CCC(CCCCCCCCCCC)CC1. The monoisotopic (exact) mass is 490 g/mol. The van der Waals surface area contributed by atoms with Gasteiger partial charge in [-0.15, -0.1) is 0 Å². The van der Waals surface area contributed by atoms with Gasteiger partial charge in [0, 0.05) is 0 Å². The van der Waals surface area contributed by atoms with E-state index >= 15 is 0 Å². The maximum absolute atomic E-state index is 2.77. The third-order valence-corrected chi connectivity index (χ3v) is 8.41. The summed E-state index contributed by atoms with van der Waals surface area (Å²) in [6.45, 7) is 8.74. The van der Waals surface area contributed by atoms with Gasteiger partial charge in [-0.3, -0.25) is 0 Å². The smallest absolute Gasteiger partial charge is 0.00161 e. The molecule has 0 aromatic heterocycles. The van der Waals surface area contributed by atoms with Crippen LogP contribution in [0.2, 0.25) is 0 Å². The van der Waals surface area contributed by atoms with Gasteiger partial charge < -0.3 is 4.90 Å². The van der Waals surface area contributed by atoms with E-state index < -0.39 is 0 Å². The van der Waals surface area contributed by atoms with Gasteiger partial charge in [0.25, 0.3) is 0 Å². The minimum atomic E-state index is 1.04. The molecule has 1 nitrogen and oxygen atoms in total. The minimum Gasteiger partial charge on any atom is -0.303 e. The molecule has 0 spiro atoms. The molecule has 0 aliphatic carbocycles. The van der Waals surface area contributed by atoms with E-state index in [1.165, 1.54) is 187 Å². The zero-order valence-corrected chi connectivity index (χ0v) is 24.7. The van der Waals surface area contributed by atoms with E-state index in [4.69, 9.17) is 0 Å². The lowest BCUT2D eigenvalue weighted by molar-refractivity contribution is 0.174. The highest BCUT2D eigenvalue weighted by Gasteiger charge is 2.18. The molecule has 208 valence electrons. The van der Waals surface area contributed by atoms with Gasteiger partial charge in [0.2, 0.25) is 0 Å². The Morgan fingerprint density at radius 1 is 0.486 bits per heavy atom. The van der Waals surface area contributed by atoms with Crippen LogP contribution in [0, 0.1) is 5.92 Å². The average Bonchev–Trinajstić information content (AvgIpc) is 2.88. The highest BCUT2D eigenvalue weighted by atomic mass is 15.1. The van der Waals surface area contributed by atoms with Crippen LogP contribution in [0.4, 0.5) is 0 Å². The van der Waals surface area contributed by atoms with Crippen LogP contribution < -0.4 is 0 Å². The largest absolute Gasteiger partial charge is 0.303 e. The Balaban J connectivity index is 1.78. The number of hydrogen-bond donors (Lipinski definition) is 0. The summed E-state index contributed by atoms with van der Waals surface area (Å²) in [5.74, 6) is 1.04. The molecular formula is C34H67N. The molecule has 1 rings (SSSR count). The predicted octanol–water partition coefficient (Wildman–Crippen LogP) is 11.7. The predicted molar refractivity (Wildman–Crippen MR) is 160 cm³/mol. The zero-order chi connectivity index (χ0) is 25.1. The Bertz CT molecular complexity index is 420. The maximum Gasteiger partial charge on any atom is -0.00161 e. The molecule has 0 bridgehead atoms. The number of piperidine rings is 1. The molecule has 0 saturated carbocycles. The Morgan fingerprint density at radius 3 is 1.37 bits per heavy atom. The summed E-state index contributed by atoms with van der Waals surface area (Å²) < 4.78 is 0. The van der Waals surface area contributed by atoms with Crippen molar-refractivity contribution >= 4 is 0 Å². The summed E-state index contributed by atoms with van der Waals surface area (Å²) in [4.78, 5) is 2.77. The standard InChI is InChI=1S/C34H67N/c1-3-5-7-9-11-13-14-15-16-17-18-19-21-23-25-27-31-35-32-29-34(30-33-35)28-26-24-22-20-12-10-8-6-4-2/h15-16,34H,3-14,17-33H2,1-2H3/b16-15-. The first-order chi connectivity index (χ1) is 17.4. The average molecular weight is 490 g/mol. The molecule has 0 atom stereocenters. The van der Waals surface area contributed by atoms with Crippen LogP contribution in [0.15, 0.2) is 12.2 Å². The van der Waals surface area contributed by atoms with Crippen LogP contribution in [0.1, 0.15) is 181 Å². The fraction of sp³-hybridized carbons (Fsp3) is 0.941. The summed E-state index contributed by atoms with van der Waals surface area (Å²) in [6.07, 6.45) is 42.3. The number of likely N-dealkylation sites (tertiary alicyclic amines) is 1. The van der Waals surface area contributed by atoms with Gasteiger partial charge in [0.1, 0.15) is 0 Å². The number of rotatable bonds is 26. The molecule has 0 radical (unpaired) electrons. The summed E-state index contributed by atoms with van der Waals surface area (Å²) in [7, 11) is 0. The fourth-order valence-electron chi connectivity index (χ4n) is 5.83. The molecule has 1 fully saturated rings. The number of hydrogen-bond acceptors (Lipinski definition) is 1. The highest BCUT2D eigenvalue weighted by molar-refractivity contribution is 4.81. The van der Waals surface area contributed by atoms with Crippen LogP contribution in [0.5, 0.6) is 0 Å².